The maximum absolute atomic E-state index is 6.36. The molecule has 0 aliphatic heterocycles. The van der Waals surface area contributed by atoms with Crippen molar-refractivity contribution in [2.45, 2.75) is 0 Å². The van der Waals surface area contributed by atoms with Crippen molar-refractivity contribution in [1.29, 1.82) is 0 Å². The third-order valence-corrected chi connectivity index (χ3v) is 13.6. The minimum absolute atomic E-state index is 0.884. The zero-order valence-corrected chi connectivity index (χ0v) is 37.7. The molecule has 0 saturated heterocycles. The van der Waals surface area contributed by atoms with Gasteiger partial charge in [0, 0.05) is 44.2 Å². The van der Waals surface area contributed by atoms with Crippen molar-refractivity contribution in [3.63, 3.8) is 0 Å². The molecule has 0 aliphatic rings. The van der Waals surface area contributed by atoms with Crippen LogP contribution in [0.15, 0.2) is 271 Å². The van der Waals surface area contributed by atoms with Gasteiger partial charge in [-0.2, -0.15) is 0 Å². The van der Waals surface area contributed by atoms with Crippen LogP contribution in [0.3, 0.4) is 0 Å². The molecule has 11 aromatic carbocycles. The Morgan fingerprint density at radius 2 is 0.797 bits per heavy atom. The largest absolute Gasteiger partial charge is 0.456 e. The lowest BCUT2D eigenvalue weighted by atomic mass is 9.93. The Morgan fingerprint density at radius 1 is 0.275 bits per heavy atom. The summed E-state index contributed by atoms with van der Waals surface area (Å²) in [7, 11) is 0. The van der Waals surface area contributed by atoms with Crippen molar-refractivity contribution in [3.8, 4) is 61.3 Å². The van der Waals surface area contributed by atoms with Crippen molar-refractivity contribution in [2.75, 3.05) is 4.90 Å². The lowest BCUT2D eigenvalue weighted by Crippen LogP contribution is -2.11. The highest BCUT2D eigenvalue weighted by atomic mass is 16.3. The average molecular weight is 881 g/mol. The molecule has 0 saturated carbocycles. The zero-order valence-electron chi connectivity index (χ0n) is 37.7. The predicted molar refractivity (Wildman–Crippen MR) is 290 cm³/mol. The normalized spacial score (nSPS) is 11.5. The van der Waals surface area contributed by atoms with Gasteiger partial charge in [-0.1, -0.05) is 188 Å². The number of rotatable bonds is 9. The Morgan fingerprint density at radius 3 is 1.57 bits per heavy atom. The molecule has 2 aromatic heterocycles. The maximum atomic E-state index is 6.36. The van der Waals surface area contributed by atoms with Gasteiger partial charge in [0.2, 0.25) is 0 Å². The fourth-order valence-corrected chi connectivity index (χ4v) is 10.3. The lowest BCUT2D eigenvalue weighted by molar-refractivity contribution is 0.669. The van der Waals surface area contributed by atoms with Gasteiger partial charge in [-0.3, -0.25) is 0 Å². The summed E-state index contributed by atoms with van der Waals surface area (Å²) in [6.07, 6.45) is 0. The SMILES string of the molecule is c1ccc(-c2ccccc2-c2ccccc2N(c2ccc(-c3cccc(-c4cccc(-n5c6ccccc6c6ccccc65)c4)c3)cc2)c2cccc(-c3ccc4c(c3)oc3ccccc34)c2)cc1. The second-order valence-electron chi connectivity index (χ2n) is 17.7. The summed E-state index contributed by atoms with van der Waals surface area (Å²) in [5, 5.41) is 4.77. The highest BCUT2D eigenvalue weighted by molar-refractivity contribution is 6.09. The Kier molecular flexibility index (Phi) is 9.84. The van der Waals surface area contributed by atoms with E-state index < -0.39 is 0 Å². The number of benzene rings is 11. The van der Waals surface area contributed by atoms with Gasteiger partial charge >= 0.3 is 0 Å². The molecule has 0 unspecified atom stereocenters. The summed E-state index contributed by atoms with van der Waals surface area (Å²) < 4.78 is 8.75. The molecular weight excluding hydrogens is 837 g/mol. The van der Waals surface area contributed by atoms with E-state index in [-0.39, 0.29) is 0 Å². The van der Waals surface area contributed by atoms with Gasteiger partial charge in [0.1, 0.15) is 11.2 Å². The number of anilines is 3. The topological polar surface area (TPSA) is 21.3 Å². The summed E-state index contributed by atoms with van der Waals surface area (Å²) in [6.45, 7) is 0. The molecule has 13 rings (SSSR count). The summed E-state index contributed by atoms with van der Waals surface area (Å²) in [5.41, 5.74) is 20.1. The third kappa shape index (κ3) is 7.16. The van der Waals surface area contributed by atoms with Gasteiger partial charge in [0.05, 0.1) is 16.7 Å². The van der Waals surface area contributed by atoms with Crippen LogP contribution in [0.1, 0.15) is 0 Å². The molecule has 0 N–H and O–H groups in total. The Balaban J connectivity index is 0.903. The van der Waals surface area contributed by atoms with Crippen LogP contribution >= 0.6 is 0 Å². The zero-order chi connectivity index (χ0) is 45.7. The second kappa shape index (κ2) is 16.9. The predicted octanol–water partition coefficient (Wildman–Crippen LogP) is 18.5. The van der Waals surface area contributed by atoms with Crippen LogP contribution in [-0.4, -0.2) is 4.57 Å². The van der Waals surface area contributed by atoms with Crippen LogP contribution in [0.5, 0.6) is 0 Å². The van der Waals surface area contributed by atoms with E-state index in [1.807, 2.05) is 12.1 Å². The highest BCUT2D eigenvalue weighted by Gasteiger charge is 2.21. The van der Waals surface area contributed by atoms with Crippen LogP contribution in [0.4, 0.5) is 17.1 Å². The van der Waals surface area contributed by atoms with E-state index in [9.17, 15) is 0 Å². The summed E-state index contributed by atoms with van der Waals surface area (Å²) in [6, 6.07) is 96.2. The molecule has 0 spiro atoms. The van der Waals surface area contributed by atoms with Crippen molar-refractivity contribution in [3.05, 3.63) is 267 Å². The summed E-state index contributed by atoms with van der Waals surface area (Å²) >= 11 is 0. The van der Waals surface area contributed by atoms with Gasteiger partial charge in [-0.05, 0) is 129 Å². The van der Waals surface area contributed by atoms with Gasteiger partial charge in [0.15, 0.2) is 0 Å². The first-order chi connectivity index (χ1) is 34.2. The van der Waals surface area contributed by atoms with Crippen molar-refractivity contribution < 1.29 is 4.42 Å². The maximum Gasteiger partial charge on any atom is 0.136 e. The van der Waals surface area contributed by atoms with E-state index in [4.69, 9.17) is 4.42 Å². The number of para-hydroxylation sites is 4. The Bertz CT molecular complexity index is 3970. The molecule has 2 heterocycles. The number of aromatic nitrogens is 1. The minimum Gasteiger partial charge on any atom is -0.456 e. The van der Waals surface area contributed by atoms with Gasteiger partial charge in [-0.15, -0.1) is 0 Å². The molecule has 0 radical (unpaired) electrons. The third-order valence-electron chi connectivity index (χ3n) is 13.6. The fourth-order valence-electron chi connectivity index (χ4n) is 10.3. The highest BCUT2D eigenvalue weighted by Crippen LogP contribution is 2.45. The molecular formula is C66H44N2O. The molecule has 0 aliphatic carbocycles. The summed E-state index contributed by atoms with van der Waals surface area (Å²) in [5.74, 6) is 0. The first kappa shape index (κ1) is 40.1. The van der Waals surface area contributed by atoms with Gasteiger partial charge in [-0.25, -0.2) is 0 Å². The summed E-state index contributed by atoms with van der Waals surface area (Å²) in [4.78, 5) is 2.40. The molecule has 13 aromatic rings. The number of hydrogen-bond acceptors (Lipinski definition) is 2. The van der Waals surface area contributed by atoms with E-state index in [1.165, 1.54) is 49.6 Å². The van der Waals surface area contributed by atoms with Crippen LogP contribution < -0.4 is 4.90 Å². The van der Waals surface area contributed by atoms with Crippen molar-refractivity contribution in [1.82, 2.24) is 4.57 Å². The Hall–Kier alpha value is -9.18. The van der Waals surface area contributed by atoms with Crippen LogP contribution in [0.2, 0.25) is 0 Å². The molecule has 3 heteroatoms. The van der Waals surface area contributed by atoms with E-state index >= 15 is 0 Å². The van der Waals surface area contributed by atoms with Crippen LogP contribution in [0, 0.1) is 0 Å². The number of nitrogens with zero attached hydrogens (tertiary/aromatic N) is 2. The molecule has 0 atom stereocenters. The first-order valence-electron chi connectivity index (χ1n) is 23.6. The number of hydrogen-bond donors (Lipinski definition) is 0. The van der Waals surface area contributed by atoms with Crippen LogP contribution in [0.25, 0.3) is 105 Å². The molecule has 3 nitrogen and oxygen atoms in total. The van der Waals surface area contributed by atoms with Gasteiger partial charge < -0.3 is 13.9 Å². The van der Waals surface area contributed by atoms with Crippen molar-refractivity contribution >= 4 is 60.8 Å². The van der Waals surface area contributed by atoms with E-state index in [0.29, 0.717) is 0 Å². The second-order valence-corrected chi connectivity index (χ2v) is 17.7. The molecule has 69 heavy (non-hydrogen) atoms. The molecule has 0 fully saturated rings. The number of fused-ring (bicyclic) bond motifs is 6. The Labute approximate surface area is 401 Å². The smallest absolute Gasteiger partial charge is 0.136 e. The molecule has 0 amide bonds. The van der Waals surface area contributed by atoms with E-state index in [1.54, 1.807) is 0 Å². The lowest BCUT2D eigenvalue weighted by Gasteiger charge is -2.29. The van der Waals surface area contributed by atoms with Gasteiger partial charge in [0.25, 0.3) is 0 Å². The quantitative estimate of drug-likeness (QED) is 0.144. The first-order valence-corrected chi connectivity index (χ1v) is 23.6. The minimum atomic E-state index is 0.884. The monoisotopic (exact) mass is 880 g/mol. The molecule has 324 valence electrons. The van der Waals surface area contributed by atoms with Crippen LogP contribution in [-0.2, 0) is 0 Å². The molecule has 0 bridgehead atoms. The standard InChI is InChI=1S/C66H44N2O/c1-2-17-46(18-3-1)55-25-4-5-26-56(55)57-27-6-10-31-62(57)67(53-23-15-22-50(42-53)51-37-40-61-60-30-9-13-34-65(60)69-66(61)44-51)52-38-35-45(36-39-52)47-19-14-20-48(41-47)49-21-16-24-54(43-49)68-63-32-11-7-28-58(63)59-29-8-12-33-64(59)68/h1-44H. The van der Waals surface area contributed by atoms with Crippen molar-refractivity contribution in [2.24, 2.45) is 0 Å². The van der Waals surface area contributed by atoms with E-state index in [2.05, 4.69) is 264 Å². The number of furan rings is 1. The van der Waals surface area contributed by atoms with E-state index in [0.717, 1.165) is 72.5 Å². The fraction of sp³-hybridized carbons (Fsp3) is 0. The average Bonchev–Trinajstić information content (AvgIpc) is 3.97.